The molecule has 0 unspecified atom stereocenters. The third-order valence-corrected chi connectivity index (χ3v) is 9.74. The van der Waals surface area contributed by atoms with Gasteiger partial charge in [0, 0.05) is 10.5 Å². The van der Waals surface area contributed by atoms with Crippen LogP contribution in [0, 0.1) is 0 Å². The molecule has 3 rings (SSSR count). The highest BCUT2D eigenvalue weighted by atomic mass is 32.2. The summed E-state index contributed by atoms with van der Waals surface area (Å²) >= 11 is 0. The van der Waals surface area contributed by atoms with Crippen LogP contribution >= 0.6 is 0 Å². The van der Waals surface area contributed by atoms with Gasteiger partial charge in [0.15, 0.2) is 5.78 Å². The van der Waals surface area contributed by atoms with E-state index in [4.69, 9.17) is 0 Å². The molecule has 0 radical (unpaired) electrons. The minimum Gasteiger partial charge on any atom is -0.293 e. The summed E-state index contributed by atoms with van der Waals surface area (Å²) in [4.78, 5) is 14.0. The number of carbonyl (C=O) groups excluding carboxylic acids is 1. The van der Waals surface area contributed by atoms with E-state index in [0.29, 0.717) is 11.5 Å². The molecule has 2 aromatic carbocycles. The summed E-state index contributed by atoms with van der Waals surface area (Å²) in [6.45, 7) is 3.64. The number of rotatable bonds is 5. The van der Waals surface area contributed by atoms with Crippen molar-refractivity contribution in [3.05, 3.63) is 65.7 Å². The van der Waals surface area contributed by atoms with E-state index in [1.807, 2.05) is 56.3 Å². The third-order valence-electron chi connectivity index (χ3n) is 6.12. The van der Waals surface area contributed by atoms with E-state index in [2.05, 4.69) is 12.1 Å². The zero-order chi connectivity index (χ0) is 18.8. The van der Waals surface area contributed by atoms with Crippen LogP contribution in [0.1, 0.15) is 67.8 Å². The number of hydrogen-bond donors (Lipinski definition) is 1. The number of ketones is 1. The Morgan fingerprint density at radius 2 is 1.50 bits per heavy atom. The first kappa shape index (κ1) is 19.0. The molecule has 140 valence electrons. The number of benzene rings is 2. The molecule has 1 aliphatic rings. The molecule has 0 amide bonds. The van der Waals surface area contributed by atoms with E-state index < -0.39 is 14.7 Å². The first-order chi connectivity index (χ1) is 12.3. The Morgan fingerprint density at radius 1 is 0.923 bits per heavy atom. The van der Waals surface area contributed by atoms with Crippen molar-refractivity contribution in [2.75, 3.05) is 6.26 Å². The molecular formula is C23H30O2S. The quantitative estimate of drug-likeness (QED) is 0.565. The van der Waals surface area contributed by atoms with Crippen LogP contribution in [-0.2, 0) is 9.93 Å². The summed E-state index contributed by atoms with van der Waals surface area (Å²) in [7, 11) is -2.86. The fourth-order valence-corrected chi connectivity index (χ4v) is 5.83. The Morgan fingerprint density at radius 3 is 2.08 bits per heavy atom. The molecule has 0 bridgehead atoms. The van der Waals surface area contributed by atoms with E-state index in [1.54, 1.807) is 6.26 Å². The molecule has 0 N–H and O–H groups in total. The topological polar surface area (TPSA) is 34.1 Å². The van der Waals surface area contributed by atoms with Crippen LogP contribution in [0.15, 0.2) is 59.5 Å². The lowest BCUT2D eigenvalue weighted by Gasteiger charge is -2.35. The predicted molar refractivity (Wildman–Crippen MR) is 111 cm³/mol. The van der Waals surface area contributed by atoms with Crippen LogP contribution < -0.4 is 0 Å². The predicted octanol–water partition coefficient (Wildman–Crippen LogP) is 5.40. The molecule has 0 atom stereocenters. The highest BCUT2D eigenvalue weighted by molar-refractivity contribution is 8.04. The first-order valence-corrected chi connectivity index (χ1v) is 11.8. The fraction of sp³-hybridized carbons (Fsp3) is 0.435. The van der Waals surface area contributed by atoms with Gasteiger partial charge in [-0.25, -0.2) is 0 Å². The maximum absolute atomic E-state index is 13.5. The minimum atomic E-state index is -2.86. The highest BCUT2D eigenvalue weighted by Crippen LogP contribution is 2.35. The van der Waals surface area contributed by atoms with Gasteiger partial charge in [-0.2, -0.15) is 0 Å². The number of thiol groups is 1. The Balaban J connectivity index is 1.84. The van der Waals surface area contributed by atoms with Gasteiger partial charge in [0.25, 0.3) is 0 Å². The average molecular weight is 371 g/mol. The average Bonchev–Trinajstić information content (AvgIpc) is 2.68. The van der Waals surface area contributed by atoms with Crippen LogP contribution in [0.5, 0.6) is 0 Å². The van der Waals surface area contributed by atoms with Crippen LogP contribution in [0.25, 0.3) is 0 Å². The SMILES string of the molecule is CC(C)(C(=O)c1ccc(C2CCCCC2)cc1)[SH](C)(=O)c1ccccc1. The number of Topliss-reactive ketones (excluding diaryl/α,β-unsaturated/α-hetero) is 1. The lowest BCUT2D eigenvalue weighted by molar-refractivity contribution is 0.0955. The molecule has 3 heteroatoms. The van der Waals surface area contributed by atoms with Gasteiger partial charge in [-0.1, -0.05) is 71.7 Å². The summed E-state index contributed by atoms with van der Waals surface area (Å²) in [5.41, 5.74) is 1.99. The van der Waals surface area contributed by atoms with Gasteiger partial charge in [0.05, 0.1) is 4.75 Å². The standard InChI is InChI=1S/C23H30O2S/c1-23(2,26(3,25)21-12-8-5-9-13-21)22(24)20-16-14-19(15-17-20)18-10-6-4-7-11-18/h5,8-9,12-18,26H,4,6-7,10-11H2,1-3H3. The van der Waals surface area contributed by atoms with Gasteiger partial charge in [-0.05, 0) is 56.6 Å². The van der Waals surface area contributed by atoms with Crippen LogP contribution in [0.2, 0.25) is 0 Å². The van der Waals surface area contributed by atoms with Crippen LogP contribution in [0.4, 0.5) is 0 Å². The molecular weight excluding hydrogens is 340 g/mol. The third kappa shape index (κ3) is 3.55. The Kier molecular flexibility index (Phi) is 5.47. The molecule has 2 aromatic rings. The van der Waals surface area contributed by atoms with Crippen molar-refractivity contribution < 1.29 is 9.00 Å². The van der Waals surface area contributed by atoms with Gasteiger partial charge in [-0.15, -0.1) is 0 Å². The molecule has 0 heterocycles. The second-order valence-corrected chi connectivity index (χ2v) is 11.6. The molecule has 0 saturated heterocycles. The van der Waals surface area contributed by atoms with Gasteiger partial charge in [-0.3, -0.25) is 9.00 Å². The van der Waals surface area contributed by atoms with Crippen LogP contribution in [0.3, 0.4) is 0 Å². The molecule has 26 heavy (non-hydrogen) atoms. The van der Waals surface area contributed by atoms with Gasteiger partial charge >= 0.3 is 0 Å². The molecule has 2 nitrogen and oxygen atoms in total. The molecule has 1 aliphatic carbocycles. The van der Waals surface area contributed by atoms with E-state index in [1.165, 1.54) is 37.7 Å². The van der Waals surface area contributed by atoms with Crippen molar-refractivity contribution in [1.29, 1.82) is 0 Å². The smallest absolute Gasteiger partial charge is 0.179 e. The number of hydrogen-bond acceptors (Lipinski definition) is 2. The Labute approximate surface area is 158 Å². The summed E-state index contributed by atoms with van der Waals surface area (Å²) in [6, 6.07) is 17.4. The van der Waals surface area contributed by atoms with Crippen LogP contribution in [-0.4, -0.2) is 21.0 Å². The van der Waals surface area contributed by atoms with Gasteiger partial charge < -0.3 is 0 Å². The second-order valence-electron chi connectivity index (χ2n) is 8.10. The summed E-state index contributed by atoms with van der Waals surface area (Å²) < 4.78 is 12.6. The van der Waals surface area contributed by atoms with Crippen molar-refractivity contribution in [2.45, 2.75) is 61.5 Å². The number of carbonyl (C=O) groups is 1. The van der Waals surface area contributed by atoms with Crippen molar-refractivity contribution in [3.8, 4) is 0 Å². The monoisotopic (exact) mass is 370 g/mol. The second kappa shape index (κ2) is 7.48. The molecule has 1 saturated carbocycles. The highest BCUT2D eigenvalue weighted by Gasteiger charge is 2.40. The van der Waals surface area contributed by atoms with Crippen molar-refractivity contribution in [1.82, 2.24) is 0 Å². The zero-order valence-corrected chi connectivity index (χ0v) is 17.0. The minimum absolute atomic E-state index is 0.0395. The van der Waals surface area contributed by atoms with Crippen molar-refractivity contribution in [2.24, 2.45) is 0 Å². The largest absolute Gasteiger partial charge is 0.293 e. The fourth-order valence-electron chi connectivity index (χ4n) is 3.92. The molecule has 1 fully saturated rings. The molecule has 0 aliphatic heterocycles. The maximum Gasteiger partial charge on any atom is 0.179 e. The maximum atomic E-state index is 13.5. The lowest BCUT2D eigenvalue weighted by Crippen LogP contribution is -2.44. The summed E-state index contributed by atoms with van der Waals surface area (Å²) in [5.74, 6) is 0.588. The van der Waals surface area contributed by atoms with E-state index in [9.17, 15) is 9.00 Å². The lowest BCUT2D eigenvalue weighted by atomic mass is 9.83. The Bertz CT molecular complexity index is 800. The normalized spacial score (nSPS) is 17.0. The Hall–Kier alpha value is -1.74. The van der Waals surface area contributed by atoms with E-state index in [-0.39, 0.29) is 5.78 Å². The summed E-state index contributed by atoms with van der Waals surface area (Å²) in [5, 5.41) is 0. The zero-order valence-electron chi connectivity index (χ0n) is 16.1. The molecule has 0 aromatic heterocycles. The van der Waals surface area contributed by atoms with E-state index >= 15 is 0 Å². The van der Waals surface area contributed by atoms with E-state index in [0.717, 1.165) is 4.90 Å². The summed E-state index contributed by atoms with van der Waals surface area (Å²) in [6.07, 6.45) is 8.17. The van der Waals surface area contributed by atoms with Gasteiger partial charge in [0.1, 0.15) is 0 Å². The first-order valence-electron chi connectivity index (χ1n) is 9.62. The molecule has 0 spiro atoms. The van der Waals surface area contributed by atoms with Crippen molar-refractivity contribution in [3.63, 3.8) is 0 Å². The van der Waals surface area contributed by atoms with Gasteiger partial charge in [0.2, 0.25) is 0 Å². The van der Waals surface area contributed by atoms with Crippen molar-refractivity contribution >= 4 is 15.7 Å².